The number of carbonyl (C=O) groups excluding carboxylic acids is 1. The van der Waals surface area contributed by atoms with Crippen molar-refractivity contribution in [2.24, 2.45) is 4.99 Å². The Labute approximate surface area is 151 Å². The Hall–Kier alpha value is -2.08. The lowest BCUT2D eigenvalue weighted by Crippen LogP contribution is -2.45. The van der Waals surface area contributed by atoms with Gasteiger partial charge in [0, 0.05) is 59.3 Å². The Balaban J connectivity index is 1.78. The zero-order chi connectivity index (χ0) is 18.2. The van der Waals surface area contributed by atoms with Gasteiger partial charge in [0.25, 0.3) is 0 Å². The molecule has 0 saturated carbocycles. The molecule has 138 valence electrons. The van der Waals surface area contributed by atoms with Gasteiger partial charge in [-0.05, 0) is 18.9 Å². The first-order valence-corrected chi connectivity index (χ1v) is 8.95. The van der Waals surface area contributed by atoms with Crippen LogP contribution in [0.25, 0.3) is 0 Å². The minimum Gasteiger partial charge on any atom is -0.356 e. The van der Waals surface area contributed by atoms with Crippen molar-refractivity contribution in [2.45, 2.75) is 38.4 Å². The topological polar surface area (TPSA) is 60.0 Å². The van der Waals surface area contributed by atoms with E-state index in [4.69, 9.17) is 0 Å². The lowest BCUT2D eigenvalue weighted by molar-refractivity contribution is -0.128. The van der Waals surface area contributed by atoms with Crippen molar-refractivity contribution >= 4 is 11.9 Å². The van der Waals surface area contributed by atoms with E-state index in [0.29, 0.717) is 25.0 Å². The predicted octanol–water partition coefficient (Wildman–Crippen LogP) is 1.29. The first-order valence-electron chi connectivity index (χ1n) is 8.95. The standard InChI is InChI=1S/C19H31N5O/c1-15-12-17(14-24(15)13-16-8-6-5-7-9-16)22-19(20-2)21-11-10-18(25)23(3)4/h5-9,15,17H,10-14H2,1-4H3,(H2,20,21,22). The molecule has 1 heterocycles. The average Bonchev–Trinajstić information content (AvgIpc) is 2.93. The monoisotopic (exact) mass is 345 g/mol. The van der Waals surface area contributed by atoms with Gasteiger partial charge < -0.3 is 15.5 Å². The van der Waals surface area contributed by atoms with Crippen LogP contribution in [0.1, 0.15) is 25.3 Å². The molecule has 2 unspecified atom stereocenters. The lowest BCUT2D eigenvalue weighted by atomic mass is 10.2. The molecule has 2 rings (SSSR count). The van der Waals surface area contributed by atoms with Gasteiger partial charge in [0.15, 0.2) is 5.96 Å². The van der Waals surface area contributed by atoms with Crippen LogP contribution in [0.3, 0.4) is 0 Å². The number of likely N-dealkylation sites (tertiary alicyclic amines) is 1. The highest BCUT2D eigenvalue weighted by molar-refractivity contribution is 5.81. The Bertz CT molecular complexity index is 572. The normalized spacial score (nSPS) is 21.2. The summed E-state index contributed by atoms with van der Waals surface area (Å²) in [5.74, 6) is 0.886. The van der Waals surface area contributed by atoms with Crippen LogP contribution in [0, 0.1) is 0 Å². The van der Waals surface area contributed by atoms with Gasteiger partial charge in [0.1, 0.15) is 0 Å². The number of hydrogen-bond donors (Lipinski definition) is 2. The summed E-state index contributed by atoms with van der Waals surface area (Å²) in [6.45, 7) is 4.83. The Kier molecular flexibility index (Phi) is 7.25. The number of nitrogens with zero attached hydrogens (tertiary/aromatic N) is 3. The summed E-state index contributed by atoms with van der Waals surface area (Å²) in [4.78, 5) is 20.0. The molecule has 2 atom stereocenters. The molecule has 1 amide bonds. The largest absolute Gasteiger partial charge is 0.356 e. The first kappa shape index (κ1) is 19.2. The van der Waals surface area contributed by atoms with Crippen LogP contribution in [-0.4, -0.2) is 68.0 Å². The Morgan fingerprint density at radius 2 is 2.04 bits per heavy atom. The number of hydrogen-bond acceptors (Lipinski definition) is 3. The molecule has 2 N–H and O–H groups in total. The smallest absolute Gasteiger partial charge is 0.223 e. The van der Waals surface area contributed by atoms with Gasteiger partial charge in [-0.1, -0.05) is 30.3 Å². The van der Waals surface area contributed by atoms with Crippen molar-refractivity contribution in [3.05, 3.63) is 35.9 Å². The van der Waals surface area contributed by atoms with E-state index in [9.17, 15) is 4.79 Å². The molecule has 1 aromatic rings. The highest BCUT2D eigenvalue weighted by atomic mass is 16.2. The molecule has 6 heteroatoms. The number of benzene rings is 1. The minimum absolute atomic E-state index is 0.117. The molecule has 0 bridgehead atoms. The third-order valence-corrected chi connectivity index (χ3v) is 4.63. The second-order valence-electron chi connectivity index (χ2n) is 6.88. The fourth-order valence-electron chi connectivity index (χ4n) is 3.14. The average molecular weight is 345 g/mol. The van der Waals surface area contributed by atoms with Gasteiger partial charge in [0.2, 0.25) is 5.91 Å². The first-order chi connectivity index (χ1) is 12.0. The van der Waals surface area contributed by atoms with Gasteiger partial charge in [-0.3, -0.25) is 14.7 Å². The van der Waals surface area contributed by atoms with E-state index < -0.39 is 0 Å². The van der Waals surface area contributed by atoms with E-state index in [1.165, 1.54) is 5.56 Å². The fourth-order valence-corrected chi connectivity index (χ4v) is 3.14. The van der Waals surface area contributed by atoms with Crippen molar-refractivity contribution in [2.75, 3.05) is 34.2 Å². The van der Waals surface area contributed by atoms with Crippen LogP contribution < -0.4 is 10.6 Å². The summed E-state index contributed by atoms with van der Waals surface area (Å²) in [6.07, 6.45) is 1.55. The number of carbonyl (C=O) groups is 1. The molecule has 1 aliphatic rings. The zero-order valence-electron chi connectivity index (χ0n) is 15.8. The summed E-state index contributed by atoms with van der Waals surface area (Å²) in [5, 5.41) is 6.72. The van der Waals surface area contributed by atoms with Crippen molar-refractivity contribution in [1.29, 1.82) is 0 Å². The summed E-state index contributed by atoms with van der Waals surface area (Å²) in [6, 6.07) is 11.5. The highest BCUT2D eigenvalue weighted by Crippen LogP contribution is 2.20. The van der Waals surface area contributed by atoms with Gasteiger partial charge in [-0.2, -0.15) is 0 Å². The second-order valence-corrected chi connectivity index (χ2v) is 6.88. The molecule has 0 radical (unpaired) electrons. The maximum Gasteiger partial charge on any atom is 0.223 e. The van der Waals surface area contributed by atoms with Crippen molar-refractivity contribution < 1.29 is 4.79 Å². The number of aliphatic imine (C=N–C) groups is 1. The maximum absolute atomic E-state index is 11.6. The molecule has 1 aliphatic heterocycles. The molecular formula is C19H31N5O. The maximum atomic E-state index is 11.6. The molecule has 1 aromatic carbocycles. The van der Waals surface area contributed by atoms with Crippen LogP contribution in [0.4, 0.5) is 0 Å². The number of amides is 1. The van der Waals surface area contributed by atoms with Crippen molar-refractivity contribution in [3.8, 4) is 0 Å². The van der Waals surface area contributed by atoms with Crippen LogP contribution >= 0.6 is 0 Å². The van der Waals surface area contributed by atoms with E-state index >= 15 is 0 Å². The molecule has 1 saturated heterocycles. The number of rotatable bonds is 6. The van der Waals surface area contributed by atoms with E-state index in [1.807, 2.05) is 0 Å². The summed E-state index contributed by atoms with van der Waals surface area (Å²) in [5.41, 5.74) is 1.35. The molecule has 25 heavy (non-hydrogen) atoms. The van der Waals surface area contributed by atoms with Crippen LogP contribution in [0.2, 0.25) is 0 Å². The van der Waals surface area contributed by atoms with E-state index in [0.717, 1.165) is 25.5 Å². The summed E-state index contributed by atoms with van der Waals surface area (Å²) in [7, 11) is 5.32. The molecule has 0 aliphatic carbocycles. The quantitative estimate of drug-likeness (QED) is 0.603. The van der Waals surface area contributed by atoms with Gasteiger partial charge >= 0.3 is 0 Å². The van der Waals surface area contributed by atoms with E-state index in [1.54, 1.807) is 26.0 Å². The third-order valence-electron chi connectivity index (χ3n) is 4.63. The lowest BCUT2D eigenvalue weighted by Gasteiger charge is -2.21. The van der Waals surface area contributed by atoms with Crippen molar-refractivity contribution in [3.63, 3.8) is 0 Å². The minimum atomic E-state index is 0.117. The molecule has 6 nitrogen and oxygen atoms in total. The molecule has 1 fully saturated rings. The van der Waals surface area contributed by atoms with Gasteiger partial charge in [-0.25, -0.2) is 0 Å². The summed E-state index contributed by atoms with van der Waals surface area (Å²) < 4.78 is 0. The van der Waals surface area contributed by atoms with Crippen LogP contribution in [0.15, 0.2) is 35.3 Å². The Morgan fingerprint density at radius 1 is 1.32 bits per heavy atom. The molecule has 0 aromatic heterocycles. The Morgan fingerprint density at radius 3 is 2.68 bits per heavy atom. The van der Waals surface area contributed by atoms with Crippen LogP contribution in [0.5, 0.6) is 0 Å². The number of nitrogens with one attached hydrogen (secondary N) is 2. The van der Waals surface area contributed by atoms with E-state index in [2.05, 4.69) is 57.8 Å². The highest BCUT2D eigenvalue weighted by Gasteiger charge is 2.29. The van der Waals surface area contributed by atoms with Gasteiger partial charge in [0.05, 0.1) is 0 Å². The second kappa shape index (κ2) is 9.42. The SMILES string of the molecule is CN=C(NCCC(=O)N(C)C)NC1CC(C)N(Cc2ccccc2)C1. The molecular weight excluding hydrogens is 314 g/mol. The third kappa shape index (κ3) is 6.05. The van der Waals surface area contributed by atoms with Gasteiger partial charge in [-0.15, -0.1) is 0 Å². The fraction of sp³-hybridized carbons (Fsp3) is 0.579. The van der Waals surface area contributed by atoms with Crippen LogP contribution in [-0.2, 0) is 11.3 Å². The number of guanidine groups is 1. The molecule has 0 spiro atoms. The van der Waals surface area contributed by atoms with Crippen molar-refractivity contribution in [1.82, 2.24) is 20.4 Å². The van der Waals surface area contributed by atoms with E-state index in [-0.39, 0.29) is 5.91 Å². The zero-order valence-corrected chi connectivity index (χ0v) is 15.8. The summed E-state index contributed by atoms with van der Waals surface area (Å²) >= 11 is 0. The predicted molar refractivity (Wildman–Crippen MR) is 103 cm³/mol.